The standard InChI is InChI=1S/C20H24N2O3S2/c23-18(24)10-12-22-19(25)17(27-20(22)26)13-14-6-8-15(9-7-14)16-5-3-1-2-4-11-21-16/h6-9,13,16,21H,1-5,10-12H2,(H,23,24). The van der Waals surface area contributed by atoms with Crippen molar-refractivity contribution in [2.45, 2.75) is 44.6 Å². The summed E-state index contributed by atoms with van der Waals surface area (Å²) in [6, 6.07) is 8.69. The van der Waals surface area contributed by atoms with Gasteiger partial charge in [0.2, 0.25) is 0 Å². The number of carbonyl (C=O) groups excluding carboxylic acids is 1. The van der Waals surface area contributed by atoms with E-state index in [1.165, 1.54) is 47.9 Å². The second-order valence-electron chi connectivity index (χ2n) is 6.85. The molecule has 0 radical (unpaired) electrons. The van der Waals surface area contributed by atoms with Gasteiger partial charge in [-0.2, -0.15) is 0 Å². The average molecular weight is 405 g/mol. The van der Waals surface area contributed by atoms with Crippen molar-refractivity contribution >= 4 is 46.3 Å². The van der Waals surface area contributed by atoms with Crippen molar-refractivity contribution in [1.82, 2.24) is 10.2 Å². The first-order valence-corrected chi connectivity index (χ1v) is 10.6. The number of aliphatic carboxylic acids is 1. The van der Waals surface area contributed by atoms with Crippen LogP contribution in [0, 0.1) is 0 Å². The van der Waals surface area contributed by atoms with E-state index < -0.39 is 5.97 Å². The number of carboxylic acids is 1. The van der Waals surface area contributed by atoms with Crippen LogP contribution < -0.4 is 5.32 Å². The topological polar surface area (TPSA) is 69.6 Å². The summed E-state index contributed by atoms with van der Waals surface area (Å²) < 4.78 is 0.419. The molecule has 2 saturated heterocycles. The molecule has 0 aliphatic carbocycles. The van der Waals surface area contributed by atoms with Gasteiger partial charge in [0, 0.05) is 12.6 Å². The third kappa shape index (κ3) is 5.40. The van der Waals surface area contributed by atoms with Gasteiger partial charge in [-0.05, 0) is 36.6 Å². The van der Waals surface area contributed by atoms with Gasteiger partial charge in [0.25, 0.3) is 5.91 Å². The van der Waals surface area contributed by atoms with Crippen LogP contribution in [0.3, 0.4) is 0 Å². The number of thioether (sulfide) groups is 1. The molecule has 0 spiro atoms. The minimum atomic E-state index is -0.938. The van der Waals surface area contributed by atoms with Crippen molar-refractivity contribution in [2.24, 2.45) is 0 Å². The summed E-state index contributed by atoms with van der Waals surface area (Å²) in [5.41, 5.74) is 2.23. The fraction of sp³-hybridized carbons (Fsp3) is 0.450. The van der Waals surface area contributed by atoms with E-state index in [1.54, 1.807) is 0 Å². The summed E-state index contributed by atoms with van der Waals surface area (Å²) >= 11 is 6.45. The van der Waals surface area contributed by atoms with Crippen molar-refractivity contribution in [3.8, 4) is 0 Å². The largest absolute Gasteiger partial charge is 0.481 e. The van der Waals surface area contributed by atoms with Crippen molar-refractivity contribution in [3.05, 3.63) is 40.3 Å². The van der Waals surface area contributed by atoms with E-state index >= 15 is 0 Å². The minimum Gasteiger partial charge on any atom is -0.481 e. The van der Waals surface area contributed by atoms with Gasteiger partial charge in [0.05, 0.1) is 11.3 Å². The van der Waals surface area contributed by atoms with Crippen LogP contribution in [0.5, 0.6) is 0 Å². The zero-order chi connectivity index (χ0) is 19.2. The zero-order valence-electron chi connectivity index (χ0n) is 15.1. The Bertz CT molecular complexity index is 738. The number of thiocarbonyl (C=S) groups is 1. The fourth-order valence-electron chi connectivity index (χ4n) is 3.37. The molecular weight excluding hydrogens is 380 g/mol. The van der Waals surface area contributed by atoms with E-state index in [-0.39, 0.29) is 18.9 Å². The zero-order valence-corrected chi connectivity index (χ0v) is 16.8. The predicted octanol–water partition coefficient (Wildman–Crippen LogP) is 3.96. The van der Waals surface area contributed by atoms with Crippen LogP contribution in [0.4, 0.5) is 0 Å². The van der Waals surface area contributed by atoms with Crippen molar-refractivity contribution in [2.75, 3.05) is 13.1 Å². The summed E-state index contributed by atoms with van der Waals surface area (Å²) in [7, 11) is 0. The molecule has 1 aromatic rings. The Morgan fingerprint density at radius 3 is 2.74 bits per heavy atom. The highest BCUT2D eigenvalue weighted by Gasteiger charge is 2.32. The maximum absolute atomic E-state index is 12.5. The van der Waals surface area contributed by atoms with Gasteiger partial charge in [-0.3, -0.25) is 14.5 Å². The van der Waals surface area contributed by atoms with Crippen LogP contribution in [-0.4, -0.2) is 39.3 Å². The molecule has 2 N–H and O–H groups in total. The maximum atomic E-state index is 12.5. The van der Waals surface area contributed by atoms with Gasteiger partial charge < -0.3 is 10.4 Å². The average Bonchev–Trinajstić information content (AvgIpc) is 2.87. The summed E-state index contributed by atoms with van der Waals surface area (Å²) in [5, 5.41) is 12.4. The first-order chi connectivity index (χ1) is 13.0. The van der Waals surface area contributed by atoms with Gasteiger partial charge >= 0.3 is 5.97 Å². The third-order valence-electron chi connectivity index (χ3n) is 4.87. The summed E-state index contributed by atoms with van der Waals surface area (Å²) in [4.78, 5) is 25.1. The first kappa shape index (κ1) is 20.0. The normalized spacial score (nSPS) is 22.7. The summed E-state index contributed by atoms with van der Waals surface area (Å²) in [5.74, 6) is -1.15. The molecule has 27 heavy (non-hydrogen) atoms. The Labute approximate surface area is 169 Å². The Morgan fingerprint density at radius 2 is 2.00 bits per heavy atom. The molecule has 2 aliphatic heterocycles. The molecule has 0 bridgehead atoms. The molecule has 1 atom stereocenters. The summed E-state index contributed by atoms with van der Waals surface area (Å²) in [6.07, 6.45) is 7.97. The summed E-state index contributed by atoms with van der Waals surface area (Å²) in [6.45, 7) is 1.18. The second kappa shape index (κ2) is 9.48. The van der Waals surface area contributed by atoms with E-state index in [4.69, 9.17) is 17.3 Å². The lowest BCUT2D eigenvalue weighted by Gasteiger charge is -2.22. The van der Waals surface area contributed by atoms with E-state index in [1.807, 2.05) is 18.2 Å². The van der Waals surface area contributed by atoms with Crippen LogP contribution in [0.25, 0.3) is 6.08 Å². The van der Waals surface area contributed by atoms with E-state index in [0.29, 0.717) is 15.3 Å². The van der Waals surface area contributed by atoms with E-state index in [2.05, 4.69) is 17.4 Å². The second-order valence-corrected chi connectivity index (χ2v) is 8.53. The molecule has 2 fully saturated rings. The molecule has 1 amide bonds. The third-order valence-corrected chi connectivity index (χ3v) is 6.25. The minimum absolute atomic E-state index is 0.108. The lowest BCUT2D eigenvalue weighted by Crippen LogP contribution is -2.30. The van der Waals surface area contributed by atoms with E-state index in [9.17, 15) is 9.59 Å². The molecule has 0 saturated carbocycles. The fourth-order valence-corrected chi connectivity index (χ4v) is 4.67. The lowest BCUT2D eigenvalue weighted by atomic mass is 9.97. The highest BCUT2D eigenvalue weighted by Crippen LogP contribution is 2.33. The monoisotopic (exact) mass is 404 g/mol. The Balaban J connectivity index is 1.67. The predicted molar refractivity (Wildman–Crippen MR) is 112 cm³/mol. The van der Waals surface area contributed by atoms with Crippen LogP contribution in [0.2, 0.25) is 0 Å². The number of amides is 1. The lowest BCUT2D eigenvalue weighted by molar-refractivity contribution is -0.137. The van der Waals surface area contributed by atoms with Crippen molar-refractivity contribution in [1.29, 1.82) is 0 Å². The van der Waals surface area contributed by atoms with Gasteiger partial charge in [-0.25, -0.2) is 0 Å². The number of hydrogen-bond donors (Lipinski definition) is 2. The molecule has 2 aliphatic rings. The van der Waals surface area contributed by atoms with Crippen LogP contribution >= 0.6 is 24.0 Å². The molecule has 1 unspecified atom stereocenters. The molecule has 1 aromatic carbocycles. The van der Waals surface area contributed by atoms with Gasteiger partial charge in [0.15, 0.2) is 0 Å². The van der Waals surface area contributed by atoms with Crippen LogP contribution in [0.1, 0.15) is 55.7 Å². The van der Waals surface area contributed by atoms with Crippen LogP contribution in [-0.2, 0) is 9.59 Å². The Morgan fingerprint density at radius 1 is 1.26 bits per heavy atom. The van der Waals surface area contributed by atoms with E-state index in [0.717, 1.165) is 18.5 Å². The SMILES string of the molecule is O=C(O)CCN1C(=O)C(=Cc2ccc(C3CCCCCCN3)cc2)SC1=S. The molecule has 5 nitrogen and oxygen atoms in total. The van der Waals surface area contributed by atoms with Gasteiger partial charge in [0.1, 0.15) is 4.32 Å². The molecule has 7 heteroatoms. The molecule has 144 valence electrons. The maximum Gasteiger partial charge on any atom is 0.305 e. The number of hydrogen-bond acceptors (Lipinski definition) is 5. The number of rotatable bonds is 5. The molecule has 3 rings (SSSR count). The Hall–Kier alpha value is -1.70. The highest BCUT2D eigenvalue weighted by atomic mass is 32.2. The number of carboxylic acid groups (broad SMARTS) is 1. The Kier molecular flexibility index (Phi) is 7.04. The van der Waals surface area contributed by atoms with Crippen LogP contribution in [0.15, 0.2) is 29.2 Å². The molecular formula is C20H24N2O3S2. The smallest absolute Gasteiger partial charge is 0.305 e. The number of nitrogens with one attached hydrogen (secondary N) is 1. The molecule has 0 aromatic heterocycles. The van der Waals surface area contributed by atoms with Gasteiger partial charge in [-0.1, -0.05) is 67.5 Å². The highest BCUT2D eigenvalue weighted by molar-refractivity contribution is 8.26. The first-order valence-electron chi connectivity index (χ1n) is 9.35. The van der Waals surface area contributed by atoms with Crippen molar-refractivity contribution in [3.63, 3.8) is 0 Å². The van der Waals surface area contributed by atoms with Gasteiger partial charge in [-0.15, -0.1) is 0 Å². The quantitative estimate of drug-likeness (QED) is 0.572. The van der Waals surface area contributed by atoms with Crippen molar-refractivity contribution < 1.29 is 14.7 Å². The number of carbonyl (C=O) groups is 2. The number of benzene rings is 1. The number of nitrogens with zero attached hydrogens (tertiary/aromatic N) is 1. The molecule has 2 heterocycles.